The van der Waals surface area contributed by atoms with E-state index in [2.05, 4.69) is 4.72 Å². The van der Waals surface area contributed by atoms with E-state index < -0.39 is 21.7 Å². The summed E-state index contributed by atoms with van der Waals surface area (Å²) in [5.74, 6) is 0. The highest BCUT2D eigenvalue weighted by Gasteiger charge is 2.43. The van der Waals surface area contributed by atoms with E-state index in [9.17, 15) is 13.5 Å². The van der Waals surface area contributed by atoms with Gasteiger partial charge in [-0.2, -0.15) is 0 Å². The highest BCUT2D eigenvalue weighted by Crippen LogP contribution is 2.41. The molecule has 0 aliphatic carbocycles. The number of nitrogens with one attached hydrogen (secondary N) is 1. The van der Waals surface area contributed by atoms with Crippen molar-refractivity contribution in [2.24, 2.45) is 0 Å². The summed E-state index contributed by atoms with van der Waals surface area (Å²) in [6.07, 6.45) is 0. The van der Waals surface area contributed by atoms with Crippen LogP contribution >= 0.6 is 0 Å². The van der Waals surface area contributed by atoms with Gasteiger partial charge in [-0.15, -0.1) is 0 Å². The van der Waals surface area contributed by atoms with Crippen molar-refractivity contribution in [2.45, 2.75) is 23.5 Å². The first kappa shape index (κ1) is 22.0. The van der Waals surface area contributed by atoms with Gasteiger partial charge in [0.05, 0.1) is 10.9 Å². The van der Waals surface area contributed by atoms with Crippen LogP contribution in [0.4, 0.5) is 0 Å². The summed E-state index contributed by atoms with van der Waals surface area (Å²) < 4.78 is 29.6. The standard InChI is InChI=1S/C27H25NO3S/c1-21-17-19-25(20-18-21)32(30,31)28-26(22-11-5-2-6-12-22)27(29,23-13-7-3-8-14-23)24-15-9-4-10-16-24/h2-20,26,28-29H,1H3. The normalized spacial score (nSPS) is 12.9. The van der Waals surface area contributed by atoms with E-state index in [0.29, 0.717) is 16.7 Å². The molecule has 0 radical (unpaired) electrons. The molecule has 0 saturated heterocycles. The third-order valence-corrected chi connectivity index (χ3v) is 7.02. The lowest BCUT2D eigenvalue weighted by atomic mass is 9.78. The van der Waals surface area contributed by atoms with Gasteiger partial charge in [0.2, 0.25) is 10.0 Å². The highest BCUT2D eigenvalue weighted by molar-refractivity contribution is 7.89. The predicted molar refractivity (Wildman–Crippen MR) is 127 cm³/mol. The van der Waals surface area contributed by atoms with Crippen LogP contribution in [0.2, 0.25) is 0 Å². The fourth-order valence-electron chi connectivity index (χ4n) is 3.87. The molecule has 5 heteroatoms. The summed E-state index contributed by atoms with van der Waals surface area (Å²) in [6.45, 7) is 1.90. The monoisotopic (exact) mass is 443 g/mol. The summed E-state index contributed by atoms with van der Waals surface area (Å²) in [4.78, 5) is 0.146. The third-order valence-electron chi connectivity index (χ3n) is 5.58. The minimum absolute atomic E-state index is 0.146. The lowest BCUT2D eigenvalue weighted by Crippen LogP contribution is -2.45. The number of aliphatic hydroxyl groups is 1. The van der Waals surface area contributed by atoms with Gasteiger partial charge in [-0.25, -0.2) is 13.1 Å². The van der Waals surface area contributed by atoms with E-state index in [0.717, 1.165) is 5.56 Å². The van der Waals surface area contributed by atoms with Gasteiger partial charge in [-0.3, -0.25) is 0 Å². The van der Waals surface area contributed by atoms with Gasteiger partial charge >= 0.3 is 0 Å². The van der Waals surface area contributed by atoms with E-state index in [1.165, 1.54) is 0 Å². The van der Waals surface area contributed by atoms with Crippen molar-refractivity contribution >= 4 is 10.0 Å². The van der Waals surface area contributed by atoms with Crippen LogP contribution in [0.1, 0.15) is 28.3 Å². The Morgan fingerprint density at radius 3 is 1.59 bits per heavy atom. The predicted octanol–water partition coefficient (Wildman–Crippen LogP) is 4.95. The Morgan fingerprint density at radius 2 is 1.12 bits per heavy atom. The zero-order valence-electron chi connectivity index (χ0n) is 17.7. The average Bonchev–Trinajstić information content (AvgIpc) is 2.84. The first-order valence-corrected chi connectivity index (χ1v) is 11.9. The van der Waals surface area contributed by atoms with Crippen LogP contribution in [-0.2, 0) is 15.6 Å². The molecule has 0 heterocycles. The first-order chi connectivity index (χ1) is 15.4. The molecule has 0 aliphatic heterocycles. The van der Waals surface area contributed by atoms with E-state index in [1.54, 1.807) is 24.3 Å². The lowest BCUT2D eigenvalue weighted by Gasteiger charge is -2.38. The van der Waals surface area contributed by atoms with Crippen LogP contribution in [0.25, 0.3) is 0 Å². The number of aryl methyl sites for hydroxylation is 1. The largest absolute Gasteiger partial charge is 0.378 e. The Bertz CT molecular complexity index is 1220. The van der Waals surface area contributed by atoms with Gasteiger partial charge in [0.25, 0.3) is 0 Å². The molecule has 4 aromatic rings. The number of hydrogen-bond acceptors (Lipinski definition) is 3. The van der Waals surface area contributed by atoms with Crippen LogP contribution < -0.4 is 4.72 Å². The van der Waals surface area contributed by atoms with Crippen molar-refractivity contribution in [2.75, 3.05) is 0 Å². The minimum atomic E-state index is -3.93. The van der Waals surface area contributed by atoms with Crippen molar-refractivity contribution in [1.82, 2.24) is 4.72 Å². The maximum atomic E-state index is 13.4. The van der Waals surface area contributed by atoms with Crippen molar-refractivity contribution in [3.63, 3.8) is 0 Å². The molecule has 4 rings (SSSR count). The highest BCUT2D eigenvalue weighted by atomic mass is 32.2. The Kier molecular flexibility index (Phi) is 6.24. The topological polar surface area (TPSA) is 66.4 Å². The first-order valence-electron chi connectivity index (χ1n) is 10.4. The summed E-state index contributed by atoms with van der Waals surface area (Å²) in [5, 5.41) is 12.3. The summed E-state index contributed by atoms with van der Waals surface area (Å²) in [6, 6.07) is 33.1. The van der Waals surface area contributed by atoms with Gasteiger partial charge in [0, 0.05) is 0 Å². The molecule has 0 aromatic heterocycles. The molecule has 0 spiro atoms. The zero-order valence-corrected chi connectivity index (χ0v) is 18.5. The summed E-state index contributed by atoms with van der Waals surface area (Å²) in [5.41, 5.74) is 1.15. The van der Waals surface area contributed by atoms with Crippen LogP contribution in [0.3, 0.4) is 0 Å². The van der Waals surface area contributed by atoms with E-state index in [-0.39, 0.29) is 4.90 Å². The van der Waals surface area contributed by atoms with Crippen molar-refractivity contribution in [3.8, 4) is 0 Å². The molecule has 0 fully saturated rings. The van der Waals surface area contributed by atoms with Crippen LogP contribution in [0.15, 0.2) is 120 Å². The second-order valence-corrected chi connectivity index (χ2v) is 9.49. The Morgan fingerprint density at radius 1 is 0.688 bits per heavy atom. The molecule has 1 atom stereocenters. The number of benzene rings is 4. The summed E-state index contributed by atoms with van der Waals surface area (Å²) >= 11 is 0. The summed E-state index contributed by atoms with van der Waals surface area (Å²) in [7, 11) is -3.93. The fourth-order valence-corrected chi connectivity index (χ4v) is 5.11. The quantitative estimate of drug-likeness (QED) is 0.425. The molecule has 1 unspecified atom stereocenters. The average molecular weight is 444 g/mol. The molecule has 162 valence electrons. The second-order valence-electron chi connectivity index (χ2n) is 7.78. The molecule has 0 aliphatic rings. The van der Waals surface area contributed by atoms with Crippen molar-refractivity contribution < 1.29 is 13.5 Å². The molecular weight excluding hydrogens is 418 g/mol. The van der Waals surface area contributed by atoms with E-state index in [1.807, 2.05) is 97.9 Å². The molecule has 0 amide bonds. The second kappa shape index (κ2) is 9.09. The van der Waals surface area contributed by atoms with Gasteiger partial charge in [0.15, 0.2) is 0 Å². The molecule has 0 saturated carbocycles. The number of rotatable bonds is 7. The maximum Gasteiger partial charge on any atom is 0.241 e. The van der Waals surface area contributed by atoms with E-state index in [4.69, 9.17) is 0 Å². The molecule has 4 aromatic carbocycles. The third kappa shape index (κ3) is 4.36. The van der Waals surface area contributed by atoms with Gasteiger partial charge in [0.1, 0.15) is 5.60 Å². The van der Waals surface area contributed by atoms with Crippen LogP contribution in [-0.4, -0.2) is 13.5 Å². The van der Waals surface area contributed by atoms with Gasteiger partial charge < -0.3 is 5.11 Å². The van der Waals surface area contributed by atoms with Crippen molar-refractivity contribution in [1.29, 1.82) is 0 Å². The SMILES string of the molecule is Cc1ccc(S(=O)(=O)NC(c2ccccc2)C(O)(c2ccccc2)c2ccccc2)cc1. The molecule has 4 nitrogen and oxygen atoms in total. The maximum absolute atomic E-state index is 13.4. The van der Waals surface area contributed by atoms with Crippen LogP contribution in [0.5, 0.6) is 0 Å². The van der Waals surface area contributed by atoms with Gasteiger partial charge in [-0.1, -0.05) is 109 Å². The smallest absolute Gasteiger partial charge is 0.241 e. The van der Waals surface area contributed by atoms with Gasteiger partial charge in [-0.05, 0) is 35.7 Å². The Balaban J connectivity index is 1.91. The number of hydrogen-bond donors (Lipinski definition) is 2. The molecule has 0 bridgehead atoms. The minimum Gasteiger partial charge on any atom is -0.378 e. The molecule has 32 heavy (non-hydrogen) atoms. The van der Waals surface area contributed by atoms with E-state index >= 15 is 0 Å². The Hall–Kier alpha value is -3.25. The number of sulfonamides is 1. The zero-order chi connectivity index (χ0) is 22.6. The van der Waals surface area contributed by atoms with Crippen molar-refractivity contribution in [3.05, 3.63) is 138 Å². The molecule has 2 N–H and O–H groups in total. The van der Waals surface area contributed by atoms with Crippen LogP contribution in [0, 0.1) is 6.92 Å². The Labute approximate surface area is 189 Å². The fraction of sp³-hybridized carbons (Fsp3) is 0.111. The molecular formula is C27H25NO3S. The lowest BCUT2D eigenvalue weighted by molar-refractivity contribution is 0.0449.